The number of aliphatic carboxylic acids is 1. The highest BCUT2D eigenvalue weighted by molar-refractivity contribution is 6.20. The lowest BCUT2D eigenvalue weighted by Gasteiger charge is -2.15. The summed E-state index contributed by atoms with van der Waals surface area (Å²) in [5.74, 6) is -1.48. The lowest BCUT2D eigenvalue weighted by atomic mass is 9.98. The zero-order valence-electron chi connectivity index (χ0n) is 16.7. The van der Waals surface area contributed by atoms with Crippen LogP contribution in [0, 0.1) is 5.92 Å². The quantitative estimate of drug-likeness (QED) is 0.305. The van der Waals surface area contributed by atoms with Crippen molar-refractivity contribution < 1.29 is 19.5 Å². The first-order valence-corrected chi connectivity index (χ1v) is 10.4. The lowest BCUT2D eigenvalue weighted by molar-refractivity contribution is -0.131. The van der Waals surface area contributed by atoms with Gasteiger partial charge in [-0.2, -0.15) is 0 Å². The Hall–Kier alpha value is -2.43. The van der Waals surface area contributed by atoms with Gasteiger partial charge in [-0.3, -0.25) is 14.5 Å². The normalized spacial score (nSPS) is 17.0. The highest BCUT2D eigenvalue weighted by atomic mass is 16.4. The van der Waals surface area contributed by atoms with Crippen LogP contribution in [0.2, 0.25) is 0 Å². The summed E-state index contributed by atoms with van der Waals surface area (Å²) in [6.45, 7) is 2.22. The van der Waals surface area contributed by atoms with Gasteiger partial charge in [0.15, 0.2) is 0 Å². The molecule has 1 N–H and O–H groups in total. The van der Waals surface area contributed by atoms with Gasteiger partial charge in [0.1, 0.15) is 0 Å². The number of nitrogens with zero attached hydrogens (tertiary/aromatic N) is 1. The van der Waals surface area contributed by atoms with Crippen molar-refractivity contribution in [2.24, 2.45) is 5.92 Å². The Kier molecular flexibility index (Phi) is 8.92. The third kappa shape index (κ3) is 6.63. The van der Waals surface area contributed by atoms with E-state index >= 15 is 0 Å². The first-order chi connectivity index (χ1) is 13.5. The Morgan fingerprint density at radius 2 is 1.64 bits per heavy atom. The molecule has 0 spiro atoms. The van der Waals surface area contributed by atoms with Crippen LogP contribution in [0.25, 0.3) is 6.08 Å². The van der Waals surface area contributed by atoms with Gasteiger partial charge in [-0.15, -0.1) is 0 Å². The number of unbranched alkanes of at least 4 members (excludes halogenated alkanes) is 7. The summed E-state index contributed by atoms with van der Waals surface area (Å²) in [6.07, 6.45) is 13.3. The minimum atomic E-state index is -1.02. The molecule has 0 bridgehead atoms. The van der Waals surface area contributed by atoms with Gasteiger partial charge < -0.3 is 5.11 Å². The number of imide groups is 1. The first-order valence-electron chi connectivity index (χ1n) is 10.4. The predicted molar refractivity (Wildman–Crippen MR) is 111 cm³/mol. The van der Waals surface area contributed by atoms with E-state index in [0.717, 1.165) is 25.3 Å². The van der Waals surface area contributed by atoms with Crippen LogP contribution in [0.4, 0.5) is 5.69 Å². The maximum absolute atomic E-state index is 12.7. The van der Waals surface area contributed by atoms with E-state index in [1.165, 1.54) is 49.5 Å². The molecule has 0 radical (unpaired) electrons. The number of carbonyl (C=O) groups excluding carboxylic acids is 2. The number of carboxylic acids is 1. The second-order valence-electron chi connectivity index (χ2n) is 7.50. The Bertz CT molecular complexity index is 693. The van der Waals surface area contributed by atoms with Crippen LogP contribution in [-0.4, -0.2) is 22.9 Å². The second kappa shape index (κ2) is 11.4. The topological polar surface area (TPSA) is 74.7 Å². The molecule has 1 aliphatic heterocycles. The molecule has 2 amide bonds. The number of carboxylic acid groups (broad SMARTS) is 1. The average Bonchev–Trinajstić information content (AvgIpc) is 2.96. The zero-order chi connectivity index (χ0) is 20.4. The summed E-state index contributed by atoms with van der Waals surface area (Å²) in [5, 5.41) is 8.67. The fourth-order valence-corrected chi connectivity index (χ4v) is 3.62. The maximum atomic E-state index is 12.7. The zero-order valence-corrected chi connectivity index (χ0v) is 16.7. The van der Waals surface area contributed by atoms with Gasteiger partial charge in [0, 0.05) is 18.4 Å². The monoisotopic (exact) mass is 385 g/mol. The molecule has 1 aliphatic rings. The van der Waals surface area contributed by atoms with Gasteiger partial charge in [-0.05, 0) is 30.2 Å². The lowest BCUT2D eigenvalue weighted by Crippen LogP contribution is -2.30. The molecular formula is C23H31NO4. The van der Waals surface area contributed by atoms with Crippen molar-refractivity contribution in [3.8, 4) is 0 Å². The van der Waals surface area contributed by atoms with Gasteiger partial charge >= 0.3 is 5.97 Å². The summed E-state index contributed by atoms with van der Waals surface area (Å²) in [7, 11) is 0. The van der Waals surface area contributed by atoms with Crippen LogP contribution >= 0.6 is 0 Å². The van der Waals surface area contributed by atoms with E-state index in [9.17, 15) is 14.4 Å². The predicted octanol–water partition coefficient (Wildman–Crippen LogP) is 5.19. The van der Waals surface area contributed by atoms with E-state index < -0.39 is 5.97 Å². The van der Waals surface area contributed by atoms with Crippen LogP contribution in [0.5, 0.6) is 0 Å². The molecule has 0 aliphatic carbocycles. The molecule has 1 heterocycles. The van der Waals surface area contributed by atoms with Crippen LogP contribution in [0.1, 0.15) is 76.7 Å². The molecule has 1 unspecified atom stereocenters. The molecule has 1 fully saturated rings. The number of carbonyl (C=O) groups is 3. The largest absolute Gasteiger partial charge is 0.478 e. The molecule has 0 aromatic heterocycles. The van der Waals surface area contributed by atoms with Gasteiger partial charge in [0.05, 0.1) is 5.69 Å². The molecule has 28 heavy (non-hydrogen) atoms. The van der Waals surface area contributed by atoms with Crippen LogP contribution in [0.3, 0.4) is 0 Å². The molecule has 1 aromatic rings. The van der Waals surface area contributed by atoms with E-state index in [4.69, 9.17) is 5.11 Å². The molecule has 5 nitrogen and oxygen atoms in total. The molecular weight excluding hydrogens is 354 g/mol. The van der Waals surface area contributed by atoms with Crippen LogP contribution in [-0.2, 0) is 14.4 Å². The van der Waals surface area contributed by atoms with Crippen LogP contribution < -0.4 is 4.90 Å². The number of benzene rings is 1. The minimum Gasteiger partial charge on any atom is -0.478 e. The third-order valence-electron chi connectivity index (χ3n) is 5.22. The molecule has 0 saturated carbocycles. The fourth-order valence-electron chi connectivity index (χ4n) is 3.62. The number of hydrogen-bond donors (Lipinski definition) is 1. The summed E-state index contributed by atoms with van der Waals surface area (Å²) in [5.41, 5.74) is 1.27. The summed E-state index contributed by atoms with van der Waals surface area (Å²) < 4.78 is 0. The number of hydrogen-bond acceptors (Lipinski definition) is 3. The molecule has 1 aromatic carbocycles. The second-order valence-corrected chi connectivity index (χ2v) is 7.50. The van der Waals surface area contributed by atoms with Crippen molar-refractivity contribution in [2.75, 3.05) is 4.90 Å². The van der Waals surface area contributed by atoms with Crippen molar-refractivity contribution >= 4 is 29.5 Å². The average molecular weight is 386 g/mol. The Balaban J connectivity index is 1.80. The Morgan fingerprint density at radius 1 is 1.04 bits per heavy atom. The first kappa shape index (κ1) is 21.9. The van der Waals surface area contributed by atoms with E-state index in [0.29, 0.717) is 11.3 Å². The van der Waals surface area contributed by atoms with Crippen molar-refractivity contribution in [1.29, 1.82) is 0 Å². The van der Waals surface area contributed by atoms with Crippen molar-refractivity contribution in [1.82, 2.24) is 0 Å². The smallest absolute Gasteiger partial charge is 0.328 e. The summed E-state index contributed by atoms with van der Waals surface area (Å²) in [6, 6.07) is 6.80. The SMILES string of the molecule is CCCCCCCCCCC1CC(=O)N(c2ccc(C=CC(=O)O)cc2)C1=O. The van der Waals surface area contributed by atoms with Crippen molar-refractivity contribution in [3.63, 3.8) is 0 Å². The number of anilines is 1. The summed E-state index contributed by atoms with van der Waals surface area (Å²) in [4.78, 5) is 36.9. The molecule has 152 valence electrons. The fraction of sp³-hybridized carbons (Fsp3) is 0.522. The van der Waals surface area contributed by atoms with Gasteiger partial charge in [0.2, 0.25) is 11.8 Å². The third-order valence-corrected chi connectivity index (χ3v) is 5.22. The molecule has 5 heteroatoms. The summed E-state index contributed by atoms with van der Waals surface area (Å²) >= 11 is 0. The molecule has 2 rings (SSSR count). The highest BCUT2D eigenvalue weighted by Gasteiger charge is 2.38. The van der Waals surface area contributed by atoms with E-state index in [2.05, 4.69) is 6.92 Å². The number of rotatable bonds is 12. The Morgan fingerprint density at radius 3 is 2.25 bits per heavy atom. The van der Waals surface area contributed by atoms with Crippen molar-refractivity contribution in [2.45, 2.75) is 71.1 Å². The standard InChI is InChI=1S/C23H31NO4/c1-2-3-4-5-6-7-8-9-10-19-17-21(25)24(23(19)28)20-14-11-18(12-15-20)13-16-22(26)27/h11-16,19H,2-10,17H2,1H3,(H,26,27). The molecule has 1 saturated heterocycles. The van der Waals surface area contributed by atoms with Crippen molar-refractivity contribution in [3.05, 3.63) is 35.9 Å². The minimum absolute atomic E-state index is 0.109. The van der Waals surface area contributed by atoms with Crippen LogP contribution in [0.15, 0.2) is 30.3 Å². The van der Waals surface area contributed by atoms with E-state index in [1.807, 2.05) is 0 Å². The highest BCUT2D eigenvalue weighted by Crippen LogP contribution is 2.30. The van der Waals surface area contributed by atoms with Gasteiger partial charge in [0.25, 0.3) is 0 Å². The Labute approximate surface area is 167 Å². The van der Waals surface area contributed by atoms with Gasteiger partial charge in [-0.25, -0.2) is 4.79 Å². The van der Waals surface area contributed by atoms with E-state index in [-0.39, 0.29) is 24.2 Å². The van der Waals surface area contributed by atoms with E-state index in [1.54, 1.807) is 24.3 Å². The maximum Gasteiger partial charge on any atom is 0.328 e. The number of amides is 2. The molecule has 1 atom stereocenters. The van der Waals surface area contributed by atoms with Gasteiger partial charge in [-0.1, -0.05) is 70.4 Å².